The van der Waals surface area contributed by atoms with Gasteiger partial charge in [-0.1, -0.05) is 33.8 Å². The summed E-state index contributed by atoms with van der Waals surface area (Å²) >= 11 is 0. The van der Waals surface area contributed by atoms with Crippen LogP contribution in [0.2, 0.25) is 0 Å². The molecule has 0 aromatic carbocycles. The van der Waals surface area contributed by atoms with Crippen LogP contribution < -0.4 is 0 Å². The third-order valence-corrected chi connectivity index (χ3v) is 4.33. The van der Waals surface area contributed by atoms with E-state index >= 15 is 0 Å². The quantitative estimate of drug-likeness (QED) is 0.632. The summed E-state index contributed by atoms with van der Waals surface area (Å²) in [4.78, 5) is 21.7. The molecule has 2 fully saturated rings. The number of ketones is 2. The van der Waals surface area contributed by atoms with E-state index < -0.39 is 0 Å². The van der Waals surface area contributed by atoms with Crippen molar-refractivity contribution < 1.29 is 14.3 Å². The largest absolute Gasteiger partial charge is 0.361 e. The van der Waals surface area contributed by atoms with E-state index in [1.807, 2.05) is 6.08 Å². The number of allylic oxidation sites excluding steroid dienone is 2. The molecule has 1 saturated carbocycles. The van der Waals surface area contributed by atoms with Crippen LogP contribution in [0.1, 0.15) is 53.4 Å². The summed E-state index contributed by atoms with van der Waals surface area (Å²) in [7, 11) is 0. The highest BCUT2D eigenvalue weighted by Gasteiger charge is 2.56. The van der Waals surface area contributed by atoms with Gasteiger partial charge in [-0.15, -0.1) is 0 Å². The first kappa shape index (κ1) is 14.4. The maximum Gasteiger partial charge on any atom is 0.164 e. The number of carbonyl (C=O) groups excluding carboxylic acids is 2. The van der Waals surface area contributed by atoms with E-state index in [0.29, 0.717) is 12.2 Å². The molecular formula is C16H24O3. The summed E-state index contributed by atoms with van der Waals surface area (Å²) in [6, 6.07) is 0. The third-order valence-electron chi connectivity index (χ3n) is 4.33. The first-order chi connectivity index (χ1) is 8.71. The van der Waals surface area contributed by atoms with E-state index in [9.17, 15) is 9.59 Å². The van der Waals surface area contributed by atoms with E-state index in [-0.39, 0.29) is 28.8 Å². The van der Waals surface area contributed by atoms with Gasteiger partial charge in [0.2, 0.25) is 0 Å². The second-order valence-electron chi connectivity index (χ2n) is 7.22. The van der Waals surface area contributed by atoms with E-state index in [1.165, 1.54) is 0 Å². The molecule has 106 valence electrons. The van der Waals surface area contributed by atoms with Gasteiger partial charge in [0.1, 0.15) is 6.10 Å². The van der Waals surface area contributed by atoms with Crippen LogP contribution in [0.4, 0.5) is 0 Å². The van der Waals surface area contributed by atoms with Crippen molar-refractivity contribution in [2.45, 2.75) is 65.6 Å². The van der Waals surface area contributed by atoms with E-state index in [4.69, 9.17) is 4.74 Å². The number of carbonyl (C=O) groups is 2. The molecule has 1 heterocycles. The fraction of sp³-hybridized carbons (Fsp3) is 0.750. The fourth-order valence-corrected chi connectivity index (χ4v) is 2.61. The molecule has 0 aromatic heterocycles. The van der Waals surface area contributed by atoms with E-state index in [2.05, 4.69) is 27.7 Å². The van der Waals surface area contributed by atoms with Gasteiger partial charge in [0, 0.05) is 12.8 Å². The van der Waals surface area contributed by atoms with Crippen molar-refractivity contribution in [2.24, 2.45) is 10.8 Å². The topological polar surface area (TPSA) is 46.7 Å². The second-order valence-corrected chi connectivity index (χ2v) is 7.22. The van der Waals surface area contributed by atoms with E-state index in [0.717, 1.165) is 19.3 Å². The van der Waals surface area contributed by atoms with Gasteiger partial charge in [-0.05, 0) is 29.7 Å². The van der Waals surface area contributed by atoms with Gasteiger partial charge in [0.15, 0.2) is 11.6 Å². The number of epoxide rings is 1. The molecule has 1 aliphatic heterocycles. The highest BCUT2D eigenvalue weighted by Crippen LogP contribution is 2.46. The van der Waals surface area contributed by atoms with Crippen molar-refractivity contribution >= 4 is 11.6 Å². The smallest absolute Gasteiger partial charge is 0.164 e. The zero-order valence-corrected chi connectivity index (χ0v) is 12.4. The molecule has 1 saturated heterocycles. The minimum Gasteiger partial charge on any atom is -0.361 e. The van der Waals surface area contributed by atoms with Crippen LogP contribution in [0, 0.1) is 10.8 Å². The Balaban J connectivity index is 0.000000141. The molecule has 0 N–H and O–H groups in total. The van der Waals surface area contributed by atoms with Crippen molar-refractivity contribution in [1.82, 2.24) is 0 Å². The van der Waals surface area contributed by atoms with Gasteiger partial charge < -0.3 is 4.74 Å². The Bertz CT molecular complexity index is 418. The van der Waals surface area contributed by atoms with Crippen molar-refractivity contribution in [1.29, 1.82) is 0 Å². The van der Waals surface area contributed by atoms with Gasteiger partial charge in [-0.25, -0.2) is 0 Å². The predicted molar refractivity (Wildman–Crippen MR) is 73.8 cm³/mol. The molecule has 3 nitrogen and oxygen atoms in total. The Morgan fingerprint density at radius 1 is 1.11 bits per heavy atom. The number of hydrogen-bond donors (Lipinski definition) is 0. The molecule has 0 aromatic rings. The minimum atomic E-state index is -0.0243. The fourth-order valence-electron chi connectivity index (χ4n) is 2.61. The molecule has 0 spiro atoms. The molecule has 3 rings (SSSR count). The summed E-state index contributed by atoms with van der Waals surface area (Å²) in [6.45, 7) is 8.64. The van der Waals surface area contributed by atoms with Gasteiger partial charge in [-0.3, -0.25) is 9.59 Å². The van der Waals surface area contributed by atoms with Crippen molar-refractivity contribution in [2.75, 3.05) is 0 Å². The SMILES string of the molecule is CC1(C)C=CC(=O)CC1.CC1(C)CCC(=O)C2OC21. The standard InChI is InChI=1S/C8H12O2.C8H12O/c1-8(2)4-3-5(9)6-7(8)10-6;1-8(2)5-3-7(9)4-6-8/h6-7H,3-4H2,1-2H3;3,5H,4,6H2,1-2H3. The predicted octanol–water partition coefficient (Wildman–Crippen LogP) is 3.07. The highest BCUT2D eigenvalue weighted by molar-refractivity contribution is 5.90. The summed E-state index contributed by atoms with van der Waals surface area (Å²) in [5.41, 5.74) is 0.506. The van der Waals surface area contributed by atoms with Gasteiger partial charge in [-0.2, -0.15) is 0 Å². The maximum absolute atomic E-state index is 11.0. The lowest BCUT2D eigenvalue weighted by molar-refractivity contribution is -0.121. The van der Waals surface area contributed by atoms with Crippen LogP contribution in [0.15, 0.2) is 12.2 Å². The average molecular weight is 264 g/mol. The van der Waals surface area contributed by atoms with Crippen LogP contribution in [0.25, 0.3) is 0 Å². The number of Topliss-reactive ketones (excluding diaryl/α,β-unsaturated/α-hetero) is 1. The number of ether oxygens (including phenoxy) is 1. The van der Waals surface area contributed by atoms with Gasteiger partial charge in [0.05, 0.1) is 6.10 Å². The Labute approximate surface area is 115 Å². The van der Waals surface area contributed by atoms with Crippen molar-refractivity contribution in [3.8, 4) is 0 Å². The maximum atomic E-state index is 11.0. The Hall–Kier alpha value is -0.960. The molecule has 2 unspecified atom stereocenters. The lowest BCUT2D eigenvalue weighted by Gasteiger charge is -2.24. The molecule has 0 radical (unpaired) electrons. The first-order valence-corrected chi connectivity index (χ1v) is 7.12. The van der Waals surface area contributed by atoms with Crippen LogP contribution in [0.3, 0.4) is 0 Å². The summed E-state index contributed by atoms with van der Waals surface area (Å²) in [5, 5.41) is 0. The molecule has 2 atom stereocenters. The number of fused-ring (bicyclic) bond motifs is 1. The Morgan fingerprint density at radius 2 is 1.79 bits per heavy atom. The molecule has 0 bridgehead atoms. The van der Waals surface area contributed by atoms with Gasteiger partial charge >= 0.3 is 0 Å². The third kappa shape index (κ3) is 3.53. The first-order valence-electron chi connectivity index (χ1n) is 7.12. The van der Waals surface area contributed by atoms with Crippen LogP contribution >= 0.6 is 0 Å². The Morgan fingerprint density at radius 3 is 2.26 bits per heavy atom. The van der Waals surface area contributed by atoms with E-state index in [1.54, 1.807) is 6.08 Å². The molecule has 19 heavy (non-hydrogen) atoms. The number of rotatable bonds is 0. The Kier molecular flexibility index (Phi) is 3.69. The lowest BCUT2D eigenvalue weighted by Crippen LogP contribution is -2.30. The van der Waals surface area contributed by atoms with Gasteiger partial charge in [0.25, 0.3) is 0 Å². The minimum absolute atomic E-state index is 0.0243. The summed E-state index contributed by atoms with van der Waals surface area (Å²) in [5.74, 6) is 0.582. The molecule has 3 heteroatoms. The van der Waals surface area contributed by atoms with Crippen molar-refractivity contribution in [3.05, 3.63) is 12.2 Å². The second kappa shape index (κ2) is 4.86. The summed E-state index contributed by atoms with van der Waals surface area (Å²) < 4.78 is 5.26. The number of hydrogen-bond acceptors (Lipinski definition) is 3. The highest BCUT2D eigenvalue weighted by atomic mass is 16.6. The summed E-state index contributed by atoms with van der Waals surface area (Å²) in [6.07, 6.45) is 7.35. The zero-order valence-electron chi connectivity index (χ0n) is 12.4. The molecule has 3 aliphatic rings. The van der Waals surface area contributed by atoms with Crippen LogP contribution in [-0.2, 0) is 14.3 Å². The average Bonchev–Trinajstić information content (AvgIpc) is 3.11. The van der Waals surface area contributed by atoms with Crippen molar-refractivity contribution in [3.63, 3.8) is 0 Å². The zero-order chi connectivity index (χ0) is 14.3. The normalized spacial score (nSPS) is 34.1. The monoisotopic (exact) mass is 264 g/mol. The molecular weight excluding hydrogens is 240 g/mol. The molecule has 2 aliphatic carbocycles. The van der Waals surface area contributed by atoms with Crippen LogP contribution in [-0.4, -0.2) is 23.8 Å². The van der Waals surface area contributed by atoms with Crippen LogP contribution in [0.5, 0.6) is 0 Å². The molecule has 0 amide bonds. The lowest BCUT2D eigenvalue weighted by atomic mass is 9.77.